The summed E-state index contributed by atoms with van der Waals surface area (Å²) in [4.78, 5) is 32.8. The van der Waals surface area contributed by atoms with Crippen molar-refractivity contribution in [3.63, 3.8) is 0 Å². The lowest BCUT2D eigenvalue weighted by Gasteiger charge is -2.36. The molecule has 0 saturated carbocycles. The van der Waals surface area contributed by atoms with Crippen LogP contribution < -0.4 is 0 Å². The Morgan fingerprint density at radius 1 is 0.935 bits per heavy atom. The normalized spacial score (nSPS) is 15.6. The van der Waals surface area contributed by atoms with E-state index in [0.29, 0.717) is 18.5 Å². The molecular weight excluding hydrogens is 404 g/mol. The van der Waals surface area contributed by atoms with Crippen LogP contribution in [0.15, 0.2) is 83.8 Å². The molecule has 1 aromatic heterocycles. The highest BCUT2D eigenvalue weighted by molar-refractivity contribution is 7.98. The molecule has 0 spiro atoms. The maximum atomic E-state index is 13.4. The number of hydrogen-bond acceptors (Lipinski definition) is 3. The number of aromatic amines is 1. The molecule has 0 fully saturated rings. The summed E-state index contributed by atoms with van der Waals surface area (Å²) in [5.41, 5.74) is 4.71. The number of thioether (sulfide) groups is 1. The van der Waals surface area contributed by atoms with Crippen LogP contribution in [0.5, 0.6) is 0 Å². The van der Waals surface area contributed by atoms with Crippen LogP contribution in [0.2, 0.25) is 0 Å². The molecule has 0 aliphatic carbocycles. The fourth-order valence-electron chi connectivity index (χ4n) is 4.44. The van der Waals surface area contributed by atoms with Crippen LogP contribution >= 0.6 is 11.8 Å². The SMILES string of the molecule is CSc1ccc([C@@H]2c3[nH]c4ccccc4c3CCN2C(=O)C(=O)c2ccccc2)cc1. The zero-order valence-electron chi connectivity index (χ0n) is 17.2. The number of amides is 1. The Morgan fingerprint density at radius 2 is 1.65 bits per heavy atom. The molecule has 0 bridgehead atoms. The summed E-state index contributed by atoms with van der Waals surface area (Å²) >= 11 is 1.68. The van der Waals surface area contributed by atoms with Gasteiger partial charge >= 0.3 is 0 Å². The second kappa shape index (κ2) is 8.08. The monoisotopic (exact) mass is 426 g/mol. The van der Waals surface area contributed by atoms with E-state index in [-0.39, 0.29) is 6.04 Å². The lowest BCUT2D eigenvalue weighted by molar-refractivity contribution is -0.128. The second-order valence-electron chi connectivity index (χ2n) is 7.68. The highest BCUT2D eigenvalue weighted by Crippen LogP contribution is 2.39. The number of benzene rings is 3. The van der Waals surface area contributed by atoms with E-state index in [1.54, 1.807) is 40.9 Å². The summed E-state index contributed by atoms with van der Waals surface area (Å²) in [6, 6.07) is 24.9. The third-order valence-corrected chi connectivity index (χ3v) is 6.70. The van der Waals surface area contributed by atoms with Crippen LogP contribution in [-0.2, 0) is 11.2 Å². The molecule has 1 aliphatic heterocycles. The van der Waals surface area contributed by atoms with Gasteiger partial charge in [0, 0.05) is 33.6 Å². The summed E-state index contributed by atoms with van der Waals surface area (Å²) in [5.74, 6) is -0.930. The maximum absolute atomic E-state index is 13.4. The zero-order valence-corrected chi connectivity index (χ0v) is 18.0. The highest BCUT2D eigenvalue weighted by atomic mass is 32.2. The van der Waals surface area contributed by atoms with Crippen LogP contribution in [0.25, 0.3) is 10.9 Å². The number of carbonyl (C=O) groups is 2. The van der Waals surface area contributed by atoms with Crippen LogP contribution in [-0.4, -0.2) is 34.4 Å². The Morgan fingerprint density at radius 3 is 2.39 bits per heavy atom. The zero-order chi connectivity index (χ0) is 21.4. The third kappa shape index (κ3) is 3.45. The Labute approximate surface area is 185 Å². The Kier molecular flexibility index (Phi) is 5.12. The molecule has 0 unspecified atom stereocenters. The van der Waals surface area contributed by atoms with Gasteiger partial charge in [0.05, 0.1) is 6.04 Å². The fourth-order valence-corrected chi connectivity index (χ4v) is 4.84. The number of carbonyl (C=O) groups excluding carboxylic acids is 2. The number of hydrogen-bond donors (Lipinski definition) is 1. The van der Waals surface area contributed by atoms with Gasteiger partial charge in [0.1, 0.15) is 0 Å². The lowest BCUT2D eigenvalue weighted by atomic mass is 9.91. The van der Waals surface area contributed by atoms with E-state index in [0.717, 1.165) is 21.7 Å². The van der Waals surface area contributed by atoms with Gasteiger partial charge in [-0.3, -0.25) is 9.59 Å². The van der Waals surface area contributed by atoms with Crippen molar-refractivity contribution in [1.82, 2.24) is 9.88 Å². The first-order valence-electron chi connectivity index (χ1n) is 10.3. The van der Waals surface area contributed by atoms with Crippen molar-refractivity contribution in [3.05, 3.63) is 101 Å². The quantitative estimate of drug-likeness (QED) is 0.276. The molecule has 3 aromatic carbocycles. The van der Waals surface area contributed by atoms with E-state index >= 15 is 0 Å². The van der Waals surface area contributed by atoms with Crippen LogP contribution in [0.1, 0.15) is 33.2 Å². The van der Waals surface area contributed by atoms with Crippen molar-refractivity contribution < 1.29 is 9.59 Å². The van der Waals surface area contributed by atoms with Gasteiger partial charge < -0.3 is 9.88 Å². The predicted molar refractivity (Wildman–Crippen MR) is 125 cm³/mol. The topological polar surface area (TPSA) is 53.2 Å². The lowest BCUT2D eigenvalue weighted by Crippen LogP contribution is -2.44. The molecule has 1 amide bonds. The van der Waals surface area contributed by atoms with Gasteiger partial charge in [-0.1, -0.05) is 60.7 Å². The van der Waals surface area contributed by atoms with Gasteiger partial charge in [0.2, 0.25) is 5.78 Å². The van der Waals surface area contributed by atoms with Crippen LogP contribution in [0.4, 0.5) is 0 Å². The largest absolute Gasteiger partial charge is 0.356 e. The van der Waals surface area contributed by atoms with Crippen molar-refractivity contribution in [2.24, 2.45) is 0 Å². The maximum Gasteiger partial charge on any atom is 0.295 e. The van der Waals surface area contributed by atoms with Crippen molar-refractivity contribution in [1.29, 1.82) is 0 Å². The first-order chi connectivity index (χ1) is 15.2. The van der Waals surface area contributed by atoms with Crippen LogP contribution in [0, 0.1) is 0 Å². The number of para-hydroxylation sites is 1. The van der Waals surface area contributed by atoms with Gasteiger partial charge in [-0.15, -0.1) is 11.8 Å². The molecule has 0 saturated heterocycles. The summed E-state index contributed by atoms with van der Waals surface area (Å²) in [6.07, 6.45) is 2.76. The first-order valence-corrected chi connectivity index (χ1v) is 11.5. The number of rotatable bonds is 4. The molecule has 0 radical (unpaired) electrons. The van der Waals surface area contributed by atoms with E-state index in [1.165, 1.54) is 10.9 Å². The predicted octanol–water partition coefficient (Wildman–Crippen LogP) is 5.25. The van der Waals surface area contributed by atoms with Gasteiger partial charge in [-0.2, -0.15) is 0 Å². The number of nitrogens with zero attached hydrogens (tertiary/aromatic N) is 1. The van der Waals surface area contributed by atoms with E-state index in [1.807, 2.05) is 24.5 Å². The smallest absolute Gasteiger partial charge is 0.295 e. The van der Waals surface area contributed by atoms with Gasteiger partial charge in [-0.25, -0.2) is 0 Å². The van der Waals surface area contributed by atoms with Crippen LogP contribution in [0.3, 0.4) is 0 Å². The minimum Gasteiger partial charge on any atom is -0.356 e. The van der Waals surface area contributed by atoms with Gasteiger partial charge in [0.25, 0.3) is 5.91 Å². The van der Waals surface area contributed by atoms with E-state index < -0.39 is 11.7 Å². The minimum atomic E-state index is -0.467. The number of fused-ring (bicyclic) bond motifs is 3. The molecular formula is C26H22N2O2S. The molecule has 4 aromatic rings. The van der Waals surface area contributed by atoms with Gasteiger partial charge in [0.15, 0.2) is 0 Å². The standard InChI is InChI=1S/C26H22N2O2S/c1-31-19-13-11-17(12-14-19)24-23-21(20-9-5-6-10-22(20)27-23)15-16-28(24)26(30)25(29)18-7-3-2-4-8-18/h2-14,24,27H,15-16H2,1H3/t24-/m1/s1. The molecule has 1 aliphatic rings. The molecule has 4 nitrogen and oxygen atoms in total. The van der Waals surface area contributed by atoms with Gasteiger partial charge in [-0.05, 0) is 42.0 Å². The minimum absolute atomic E-state index is 0.327. The summed E-state index contributed by atoms with van der Waals surface area (Å²) in [7, 11) is 0. The average Bonchev–Trinajstić information content (AvgIpc) is 3.22. The molecule has 1 atom stereocenters. The first kappa shape index (κ1) is 19.6. The molecule has 31 heavy (non-hydrogen) atoms. The Bertz CT molecular complexity index is 1260. The van der Waals surface area contributed by atoms with Crippen molar-refractivity contribution in [3.8, 4) is 0 Å². The molecule has 1 N–H and O–H groups in total. The fraction of sp³-hybridized carbons (Fsp3) is 0.154. The van der Waals surface area contributed by atoms with E-state index in [9.17, 15) is 9.59 Å². The number of ketones is 1. The number of Topliss-reactive ketones (excluding diaryl/α,β-unsaturated/α-hetero) is 1. The average molecular weight is 427 g/mol. The number of aromatic nitrogens is 1. The number of nitrogens with one attached hydrogen (secondary N) is 1. The van der Waals surface area contributed by atoms with Crippen molar-refractivity contribution in [2.45, 2.75) is 17.4 Å². The Hall–Kier alpha value is -3.31. The van der Waals surface area contributed by atoms with E-state index in [2.05, 4.69) is 41.4 Å². The molecule has 5 heteroatoms. The Balaban J connectivity index is 1.61. The van der Waals surface area contributed by atoms with E-state index in [4.69, 9.17) is 0 Å². The highest BCUT2D eigenvalue weighted by Gasteiger charge is 2.37. The summed E-state index contributed by atoms with van der Waals surface area (Å²) in [5, 5.41) is 1.18. The number of H-pyrrole nitrogens is 1. The summed E-state index contributed by atoms with van der Waals surface area (Å²) < 4.78 is 0. The molecule has 2 heterocycles. The summed E-state index contributed by atoms with van der Waals surface area (Å²) in [6.45, 7) is 0.501. The third-order valence-electron chi connectivity index (χ3n) is 5.96. The molecule has 5 rings (SSSR count). The molecule has 154 valence electrons. The van der Waals surface area contributed by atoms with Crippen molar-refractivity contribution >= 4 is 34.4 Å². The van der Waals surface area contributed by atoms with Crippen molar-refractivity contribution in [2.75, 3.05) is 12.8 Å². The second-order valence-corrected chi connectivity index (χ2v) is 8.56.